The summed E-state index contributed by atoms with van der Waals surface area (Å²) in [6.07, 6.45) is 1.66. The van der Waals surface area contributed by atoms with Gasteiger partial charge in [0.1, 0.15) is 11.4 Å². The minimum absolute atomic E-state index is 0.172. The highest BCUT2D eigenvalue weighted by Gasteiger charge is 2.21. The Hall–Kier alpha value is -4.39. The van der Waals surface area contributed by atoms with Crippen LogP contribution in [0, 0.1) is 13.8 Å². The van der Waals surface area contributed by atoms with Crippen LogP contribution in [-0.2, 0) is 4.79 Å². The van der Waals surface area contributed by atoms with E-state index in [1.54, 1.807) is 18.0 Å². The monoisotopic (exact) mass is 454 g/mol. The summed E-state index contributed by atoms with van der Waals surface area (Å²) in [6, 6.07) is 22.7. The molecule has 7 nitrogen and oxygen atoms in total. The number of methoxy groups -OCH3 is 1. The van der Waals surface area contributed by atoms with E-state index in [-0.39, 0.29) is 12.5 Å². The standard InChI is InChI=1S/C27H26N4O3/c1-18-10-9-11-19(2)25(18)29-24(32)16-28-27(33)22-17-31(20-12-5-4-6-13-20)30-26(22)21-14-7-8-15-23(21)34-3/h4-15,17H,16H2,1-3H3,(H,28,33)(H,29,32). The van der Waals surface area contributed by atoms with Crippen molar-refractivity contribution in [3.05, 3.63) is 95.7 Å². The van der Waals surface area contributed by atoms with Crippen molar-refractivity contribution >= 4 is 17.5 Å². The lowest BCUT2D eigenvalue weighted by Crippen LogP contribution is -2.33. The van der Waals surface area contributed by atoms with Gasteiger partial charge in [0.15, 0.2) is 0 Å². The molecule has 0 spiro atoms. The first-order valence-electron chi connectivity index (χ1n) is 10.9. The fourth-order valence-corrected chi connectivity index (χ4v) is 3.74. The van der Waals surface area contributed by atoms with E-state index < -0.39 is 5.91 Å². The second kappa shape index (κ2) is 10.0. The Morgan fingerprint density at radius 1 is 0.912 bits per heavy atom. The van der Waals surface area contributed by atoms with Gasteiger partial charge in [-0.2, -0.15) is 5.10 Å². The second-order valence-corrected chi connectivity index (χ2v) is 7.87. The normalized spacial score (nSPS) is 10.6. The average molecular weight is 455 g/mol. The topological polar surface area (TPSA) is 85.2 Å². The molecule has 0 saturated heterocycles. The van der Waals surface area contributed by atoms with Crippen molar-refractivity contribution in [2.24, 2.45) is 0 Å². The van der Waals surface area contributed by atoms with Gasteiger partial charge in [-0.15, -0.1) is 0 Å². The lowest BCUT2D eigenvalue weighted by atomic mass is 10.1. The Labute approximate surface area is 198 Å². The third-order valence-corrected chi connectivity index (χ3v) is 5.50. The third-order valence-electron chi connectivity index (χ3n) is 5.50. The molecule has 34 heavy (non-hydrogen) atoms. The van der Waals surface area contributed by atoms with Crippen LogP contribution in [0.2, 0.25) is 0 Å². The van der Waals surface area contributed by atoms with Crippen molar-refractivity contribution in [3.8, 4) is 22.7 Å². The fraction of sp³-hybridized carbons (Fsp3) is 0.148. The zero-order chi connectivity index (χ0) is 24.1. The molecule has 2 N–H and O–H groups in total. The van der Waals surface area contributed by atoms with Gasteiger partial charge in [0, 0.05) is 17.4 Å². The molecule has 0 bridgehead atoms. The van der Waals surface area contributed by atoms with E-state index in [0.29, 0.717) is 22.6 Å². The molecule has 4 aromatic rings. The Balaban J connectivity index is 1.60. The molecule has 0 aliphatic heterocycles. The smallest absolute Gasteiger partial charge is 0.255 e. The molecule has 172 valence electrons. The molecule has 0 fully saturated rings. The molecular weight excluding hydrogens is 428 g/mol. The van der Waals surface area contributed by atoms with Gasteiger partial charge in [0.2, 0.25) is 5.91 Å². The number of nitrogens with one attached hydrogen (secondary N) is 2. The summed E-state index contributed by atoms with van der Waals surface area (Å²) < 4.78 is 7.14. The van der Waals surface area contributed by atoms with Crippen LogP contribution in [0.1, 0.15) is 21.5 Å². The number of amides is 2. The number of rotatable bonds is 7. The lowest BCUT2D eigenvalue weighted by molar-refractivity contribution is -0.115. The van der Waals surface area contributed by atoms with Crippen LogP contribution in [0.3, 0.4) is 0 Å². The molecule has 1 aromatic heterocycles. The van der Waals surface area contributed by atoms with Gasteiger partial charge in [-0.1, -0.05) is 48.5 Å². The van der Waals surface area contributed by atoms with Gasteiger partial charge < -0.3 is 15.4 Å². The molecule has 7 heteroatoms. The molecule has 0 saturated carbocycles. The number of hydrogen-bond donors (Lipinski definition) is 2. The third kappa shape index (κ3) is 4.83. The largest absolute Gasteiger partial charge is 0.496 e. The highest BCUT2D eigenvalue weighted by atomic mass is 16.5. The van der Waals surface area contributed by atoms with E-state index in [1.165, 1.54) is 0 Å². The Kier molecular flexibility index (Phi) is 6.73. The van der Waals surface area contributed by atoms with Gasteiger partial charge >= 0.3 is 0 Å². The number of anilines is 1. The van der Waals surface area contributed by atoms with Crippen LogP contribution in [0.5, 0.6) is 5.75 Å². The maximum absolute atomic E-state index is 13.2. The molecule has 0 atom stereocenters. The van der Waals surface area contributed by atoms with Crippen molar-refractivity contribution in [3.63, 3.8) is 0 Å². The highest BCUT2D eigenvalue weighted by molar-refractivity contribution is 6.03. The van der Waals surface area contributed by atoms with Crippen LogP contribution < -0.4 is 15.4 Å². The number of benzene rings is 3. The molecule has 2 amide bonds. The van der Waals surface area contributed by atoms with Crippen LogP contribution in [0.25, 0.3) is 16.9 Å². The molecule has 1 heterocycles. The second-order valence-electron chi connectivity index (χ2n) is 7.87. The molecule has 0 aliphatic rings. The van der Waals surface area contributed by atoms with E-state index in [9.17, 15) is 9.59 Å². The molecule has 4 rings (SSSR count). The maximum Gasteiger partial charge on any atom is 0.255 e. The Morgan fingerprint density at radius 3 is 2.29 bits per heavy atom. The fourth-order valence-electron chi connectivity index (χ4n) is 3.74. The van der Waals surface area contributed by atoms with Gasteiger partial charge in [-0.05, 0) is 49.2 Å². The quantitative estimate of drug-likeness (QED) is 0.430. The Bertz CT molecular complexity index is 1310. The van der Waals surface area contributed by atoms with E-state index in [4.69, 9.17) is 4.74 Å². The number of aromatic nitrogens is 2. The van der Waals surface area contributed by atoms with Gasteiger partial charge in [0.05, 0.1) is 24.9 Å². The van der Waals surface area contributed by atoms with Crippen molar-refractivity contribution < 1.29 is 14.3 Å². The summed E-state index contributed by atoms with van der Waals surface area (Å²) in [7, 11) is 1.57. The zero-order valence-corrected chi connectivity index (χ0v) is 19.3. The molecule has 0 unspecified atom stereocenters. The number of para-hydroxylation sites is 3. The number of carbonyl (C=O) groups excluding carboxylic acids is 2. The first-order chi connectivity index (χ1) is 16.5. The molecular formula is C27H26N4O3. The van der Waals surface area contributed by atoms with Crippen molar-refractivity contribution in [2.45, 2.75) is 13.8 Å². The summed E-state index contributed by atoms with van der Waals surface area (Å²) in [4.78, 5) is 25.8. The van der Waals surface area contributed by atoms with E-state index in [0.717, 1.165) is 22.5 Å². The zero-order valence-electron chi connectivity index (χ0n) is 19.3. The predicted octanol–water partition coefficient (Wildman–Crippen LogP) is 4.53. The number of ether oxygens (including phenoxy) is 1. The first-order valence-corrected chi connectivity index (χ1v) is 10.9. The summed E-state index contributed by atoms with van der Waals surface area (Å²) in [5.41, 5.74) is 4.98. The van der Waals surface area contributed by atoms with Gasteiger partial charge in [-0.25, -0.2) is 4.68 Å². The Morgan fingerprint density at radius 2 is 1.59 bits per heavy atom. The van der Waals surface area contributed by atoms with Crippen LogP contribution in [0.4, 0.5) is 5.69 Å². The van der Waals surface area contributed by atoms with Crippen LogP contribution in [0.15, 0.2) is 79.0 Å². The lowest BCUT2D eigenvalue weighted by Gasteiger charge is -2.12. The summed E-state index contributed by atoms with van der Waals surface area (Å²) in [5, 5.41) is 10.3. The highest BCUT2D eigenvalue weighted by Crippen LogP contribution is 2.31. The summed E-state index contributed by atoms with van der Waals surface area (Å²) in [6.45, 7) is 3.69. The van der Waals surface area contributed by atoms with Gasteiger partial charge in [0.25, 0.3) is 5.91 Å². The molecule has 3 aromatic carbocycles. The van der Waals surface area contributed by atoms with Crippen molar-refractivity contribution in [2.75, 3.05) is 19.0 Å². The minimum Gasteiger partial charge on any atom is -0.496 e. The molecule has 0 radical (unpaired) electrons. The van der Waals surface area contributed by atoms with E-state index >= 15 is 0 Å². The van der Waals surface area contributed by atoms with Crippen molar-refractivity contribution in [1.29, 1.82) is 0 Å². The maximum atomic E-state index is 13.2. The van der Waals surface area contributed by atoms with E-state index in [1.807, 2.05) is 86.6 Å². The SMILES string of the molecule is COc1ccccc1-c1nn(-c2ccccc2)cc1C(=O)NCC(=O)Nc1c(C)cccc1C. The van der Waals surface area contributed by atoms with E-state index in [2.05, 4.69) is 15.7 Å². The minimum atomic E-state index is -0.403. The van der Waals surface area contributed by atoms with Crippen LogP contribution in [-0.4, -0.2) is 35.2 Å². The number of nitrogens with zero attached hydrogens (tertiary/aromatic N) is 2. The molecule has 0 aliphatic carbocycles. The summed E-state index contributed by atoms with van der Waals surface area (Å²) in [5.74, 6) is -0.109. The predicted molar refractivity (Wildman–Crippen MR) is 132 cm³/mol. The summed E-state index contributed by atoms with van der Waals surface area (Å²) >= 11 is 0. The average Bonchev–Trinajstić information content (AvgIpc) is 3.31. The number of hydrogen-bond acceptors (Lipinski definition) is 4. The number of carbonyl (C=O) groups is 2. The van der Waals surface area contributed by atoms with Gasteiger partial charge in [-0.3, -0.25) is 9.59 Å². The van der Waals surface area contributed by atoms with Crippen molar-refractivity contribution in [1.82, 2.24) is 15.1 Å². The first kappa shape index (κ1) is 22.8. The number of aryl methyl sites for hydroxylation is 2. The van der Waals surface area contributed by atoms with Crippen LogP contribution >= 0.6 is 0 Å².